The molecule has 6 nitrogen and oxygen atoms in total. The number of pyridine rings is 1. The van der Waals surface area contributed by atoms with E-state index in [1.807, 2.05) is 42.5 Å². The van der Waals surface area contributed by atoms with Crippen LogP contribution < -0.4 is 4.90 Å². The van der Waals surface area contributed by atoms with Gasteiger partial charge in [0.2, 0.25) is 0 Å². The zero-order valence-corrected chi connectivity index (χ0v) is 17.6. The van der Waals surface area contributed by atoms with Gasteiger partial charge in [-0.05, 0) is 42.0 Å². The van der Waals surface area contributed by atoms with Crippen LogP contribution in [0.4, 0.5) is 10.6 Å². The van der Waals surface area contributed by atoms with Gasteiger partial charge in [-0.2, -0.15) is 0 Å². The smallest absolute Gasteiger partial charge is 0.415 e. The van der Waals surface area contributed by atoms with Crippen molar-refractivity contribution in [1.29, 1.82) is 0 Å². The second kappa shape index (κ2) is 8.69. The van der Waals surface area contributed by atoms with E-state index in [-0.39, 0.29) is 6.54 Å². The van der Waals surface area contributed by atoms with E-state index in [1.54, 1.807) is 41.1 Å². The summed E-state index contributed by atoms with van der Waals surface area (Å²) in [5.74, 6) is 0.430. The molecule has 30 heavy (non-hydrogen) atoms. The number of methoxy groups -OCH3 is 1. The van der Waals surface area contributed by atoms with Gasteiger partial charge >= 0.3 is 6.09 Å². The first-order valence-electron chi connectivity index (χ1n) is 9.10. The maximum atomic E-state index is 12.8. The van der Waals surface area contributed by atoms with Crippen LogP contribution >= 0.6 is 11.6 Å². The Kier molecular flexibility index (Phi) is 5.83. The lowest BCUT2D eigenvalue weighted by molar-refractivity contribution is 0.178. The molecule has 2 heterocycles. The molecule has 0 saturated heterocycles. The van der Waals surface area contributed by atoms with Gasteiger partial charge in [0.25, 0.3) is 0 Å². The van der Waals surface area contributed by atoms with Crippen molar-refractivity contribution in [3.63, 3.8) is 0 Å². The van der Waals surface area contributed by atoms with Crippen LogP contribution in [0.5, 0.6) is 0 Å². The molecule has 152 valence electrons. The van der Waals surface area contributed by atoms with Crippen LogP contribution in [0.15, 0.2) is 88.9 Å². The van der Waals surface area contributed by atoms with Crippen LogP contribution in [0.1, 0.15) is 5.56 Å². The summed E-state index contributed by atoms with van der Waals surface area (Å²) in [6, 6.07) is 20.0. The van der Waals surface area contributed by atoms with Crippen molar-refractivity contribution in [1.82, 2.24) is 9.38 Å². The fourth-order valence-electron chi connectivity index (χ4n) is 3.00. The average Bonchev–Trinajstić information content (AvgIpc) is 3.21. The summed E-state index contributed by atoms with van der Waals surface area (Å²) in [4.78, 5) is 19.7. The first-order chi connectivity index (χ1) is 14.5. The van der Waals surface area contributed by atoms with Gasteiger partial charge in [0.05, 0.1) is 35.5 Å². The van der Waals surface area contributed by atoms with Crippen LogP contribution in [-0.4, -0.2) is 26.8 Å². The average molecular weight is 440 g/mol. The molecule has 0 bridgehead atoms. The highest BCUT2D eigenvalue weighted by atomic mass is 35.5. The fraction of sp³-hybridized carbons (Fsp3) is 0.0909. The molecule has 0 radical (unpaired) electrons. The number of aromatic nitrogens is 2. The van der Waals surface area contributed by atoms with Gasteiger partial charge in [0.15, 0.2) is 5.82 Å². The third-order valence-electron chi connectivity index (χ3n) is 4.51. The van der Waals surface area contributed by atoms with Crippen molar-refractivity contribution >= 4 is 40.0 Å². The second-order valence-corrected chi connectivity index (χ2v) is 8.41. The quantitative estimate of drug-likeness (QED) is 0.442. The van der Waals surface area contributed by atoms with E-state index in [9.17, 15) is 9.00 Å². The Morgan fingerprint density at radius 3 is 2.47 bits per heavy atom. The molecule has 4 rings (SSSR count). The molecule has 0 fully saturated rings. The van der Waals surface area contributed by atoms with Crippen LogP contribution in [0.25, 0.3) is 5.65 Å². The van der Waals surface area contributed by atoms with E-state index in [0.717, 1.165) is 10.5 Å². The van der Waals surface area contributed by atoms with Crippen LogP contribution in [0.2, 0.25) is 5.02 Å². The van der Waals surface area contributed by atoms with Crippen molar-refractivity contribution in [3.8, 4) is 0 Å². The topological polar surface area (TPSA) is 63.9 Å². The predicted molar refractivity (Wildman–Crippen MR) is 116 cm³/mol. The van der Waals surface area contributed by atoms with Crippen molar-refractivity contribution in [2.75, 3.05) is 12.0 Å². The Morgan fingerprint density at radius 1 is 1.03 bits per heavy atom. The fourth-order valence-corrected chi connectivity index (χ4v) is 4.20. The first-order valence-corrected chi connectivity index (χ1v) is 10.6. The summed E-state index contributed by atoms with van der Waals surface area (Å²) in [5, 5.41) is 0.620. The second-order valence-electron chi connectivity index (χ2n) is 6.49. The number of hydrogen-bond donors (Lipinski definition) is 0. The Hall–Kier alpha value is -3.16. The van der Waals surface area contributed by atoms with Gasteiger partial charge in [-0.15, -0.1) is 0 Å². The highest BCUT2D eigenvalue weighted by molar-refractivity contribution is 7.85. The van der Waals surface area contributed by atoms with Gasteiger partial charge in [0.1, 0.15) is 5.65 Å². The number of anilines is 1. The van der Waals surface area contributed by atoms with Gasteiger partial charge in [-0.3, -0.25) is 4.90 Å². The molecule has 2 aromatic heterocycles. The number of hydrogen-bond acceptors (Lipinski definition) is 4. The lowest BCUT2D eigenvalue weighted by Crippen LogP contribution is -2.30. The van der Waals surface area contributed by atoms with E-state index in [1.165, 1.54) is 12.0 Å². The van der Waals surface area contributed by atoms with Crippen molar-refractivity contribution < 1.29 is 13.7 Å². The number of carbonyl (C=O) groups excluding carboxylic acids is 1. The normalized spacial score (nSPS) is 11.9. The van der Waals surface area contributed by atoms with Gasteiger partial charge in [-0.1, -0.05) is 41.9 Å². The minimum atomic E-state index is -1.31. The Balaban J connectivity index is 1.67. The summed E-state index contributed by atoms with van der Waals surface area (Å²) in [7, 11) is 0.0127. The Labute approximate surface area is 181 Å². The SMILES string of the molecule is COC(=O)N(Cc1ccc(Cl)cc1)c1cn2cc(S(=O)c3ccccc3)ccc2n1. The number of nitrogens with zero attached hydrogens (tertiary/aromatic N) is 3. The van der Waals surface area contributed by atoms with Gasteiger partial charge in [-0.25, -0.2) is 14.0 Å². The number of fused-ring (bicyclic) bond motifs is 1. The first kappa shape index (κ1) is 20.1. The number of amides is 1. The maximum absolute atomic E-state index is 12.8. The predicted octanol–water partition coefficient (Wildman–Crippen LogP) is 4.93. The maximum Gasteiger partial charge on any atom is 0.415 e. The van der Waals surface area contributed by atoms with E-state index in [2.05, 4.69) is 4.98 Å². The summed E-state index contributed by atoms with van der Waals surface area (Å²) >= 11 is 5.95. The molecule has 0 saturated carbocycles. The molecular formula is C22H18ClN3O3S. The van der Waals surface area contributed by atoms with Crippen LogP contribution in [0, 0.1) is 0 Å². The number of halogens is 1. The third kappa shape index (κ3) is 4.22. The van der Waals surface area contributed by atoms with Crippen LogP contribution in [0.3, 0.4) is 0 Å². The number of imidazole rings is 1. The zero-order chi connectivity index (χ0) is 21.1. The molecule has 1 amide bonds. The van der Waals surface area contributed by atoms with E-state index in [0.29, 0.717) is 21.4 Å². The van der Waals surface area contributed by atoms with Gasteiger partial charge in [0, 0.05) is 16.1 Å². The number of rotatable bonds is 5. The summed E-state index contributed by atoms with van der Waals surface area (Å²) < 4.78 is 19.5. The van der Waals surface area contributed by atoms with Gasteiger partial charge < -0.3 is 9.14 Å². The molecule has 0 N–H and O–H groups in total. The number of ether oxygens (including phenoxy) is 1. The summed E-state index contributed by atoms with van der Waals surface area (Å²) in [5.41, 5.74) is 1.51. The molecule has 1 unspecified atom stereocenters. The van der Waals surface area contributed by atoms with Crippen LogP contribution in [-0.2, 0) is 22.1 Å². The van der Waals surface area contributed by atoms with E-state index in [4.69, 9.17) is 16.3 Å². The molecule has 4 aromatic rings. The number of carbonyl (C=O) groups is 1. The van der Waals surface area contributed by atoms with Crippen molar-refractivity contribution in [3.05, 3.63) is 89.7 Å². The standard InChI is InChI=1S/C22H18ClN3O3S/c1-29-22(27)26(13-16-7-9-17(23)10-8-16)21-15-25-14-19(11-12-20(25)24-21)30(28)18-5-3-2-4-6-18/h2-12,14-15H,13H2,1H3. The minimum Gasteiger partial charge on any atom is -0.452 e. The van der Waals surface area contributed by atoms with E-state index < -0.39 is 16.9 Å². The largest absolute Gasteiger partial charge is 0.452 e. The molecule has 0 aliphatic rings. The van der Waals surface area contributed by atoms with Crippen molar-refractivity contribution in [2.24, 2.45) is 0 Å². The van der Waals surface area contributed by atoms with E-state index >= 15 is 0 Å². The molecule has 0 aliphatic carbocycles. The Morgan fingerprint density at radius 2 is 1.77 bits per heavy atom. The number of benzene rings is 2. The summed E-state index contributed by atoms with van der Waals surface area (Å²) in [6.07, 6.45) is 2.95. The minimum absolute atomic E-state index is 0.274. The Bertz CT molecular complexity index is 1210. The zero-order valence-electron chi connectivity index (χ0n) is 16.1. The lowest BCUT2D eigenvalue weighted by atomic mass is 10.2. The molecule has 8 heteroatoms. The molecule has 1 atom stereocenters. The molecule has 0 aliphatic heterocycles. The van der Waals surface area contributed by atoms with Crippen molar-refractivity contribution in [2.45, 2.75) is 16.3 Å². The molecule has 0 spiro atoms. The highest BCUT2D eigenvalue weighted by Gasteiger charge is 2.20. The summed E-state index contributed by atoms with van der Waals surface area (Å²) in [6.45, 7) is 0.274. The highest BCUT2D eigenvalue weighted by Crippen LogP contribution is 2.22. The third-order valence-corrected chi connectivity index (χ3v) is 6.13. The molecule has 2 aromatic carbocycles. The molecular weight excluding hydrogens is 422 g/mol. The monoisotopic (exact) mass is 439 g/mol. The lowest BCUT2D eigenvalue weighted by Gasteiger charge is -2.18.